The van der Waals surface area contributed by atoms with Crippen LogP contribution in [0.15, 0.2) is 53.7 Å². The smallest absolute Gasteiger partial charge is 0.233 e. The summed E-state index contributed by atoms with van der Waals surface area (Å²) in [5.41, 5.74) is 4.35. The highest BCUT2D eigenvalue weighted by Crippen LogP contribution is 2.29. The normalized spacial score (nSPS) is 17.2. The minimum atomic E-state index is 0.235. The number of likely N-dealkylation sites (tertiary alicyclic amines) is 1. The Hall–Kier alpha value is -2.27. The molecule has 5 heteroatoms. The maximum absolute atomic E-state index is 12.9. The van der Waals surface area contributed by atoms with Crippen molar-refractivity contribution in [2.45, 2.75) is 50.7 Å². The summed E-state index contributed by atoms with van der Waals surface area (Å²) >= 11 is 1.55. The molecule has 2 aromatic carbocycles. The van der Waals surface area contributed by atoms with Crippen molar-refractivity contribution in [1.82, 2.24) is 14.5 Å². The van der Waals surface area contributed by atoms with E-state index in [9.17, 15) is 4.79 Å². The lowest BCUT2D eigenvalue weighted by Gasteiger charge is -2.35. The number of hydrogen-bond acceptors (Lipinski definition) is 3. The Kier molecular flexibility index (Phi) is 5.72. The summed E-state index contributed by atoms with van der Waals surface area (Å²) < 4.78 is 2.17. The number of carbonyl (C=O) groups excluding carboxylic acids is 1. The summed E-state index contributed by atoms with van der Waals surface area (Å²) in [4.78, 5) is 19.8. The zero-order valence-electron chi connectivity index (χ0n) is 16.6. The number of rotatable bonds is 5. The summed E-state index contributed by atoms with van der Waals surface area (Å²) in [5, 5.41) is 0.878. The van der Waals surface area contributed by atoms with Crippen LogP contribution in [0.3, 0.4) is 0 Å². The molecule has 4 rings (SSSR count). The lowest BCUT2D eigenvalue weighted by Crippen LogP contribution is -2.44. The van der Waals surface area contributed by atoms with Crippen LogP contribution in [0.4, 0.5) is 0 Å². The molecule has 28 heavy (non-hydrogen) atoms. The summed E-state index contributed by atoms with van der Waals surface area (Å²) in [6.45, 7) is 5.17. The van der Waals surface area contributed by atoms with Gasteiger partial charge < -0.3 is 4.90 Å². The van der Waals surface area contributed by atoms with Crippen molar-refractivity contribution in [3.8, 4) is 5.69 Å². The van der Waals surface area contributed by atoms with Crippen LogP contribution in [0, 0.1) is 6.92 Å². The molecule has 1 fully saturated rings. The van der Waals surface area contributed by atoms with Gasteiger partial charge in [0.1, 0.15) is 0 Å². The second kappa shape index (κ2) is 8.39. The van der Waals surface area contributed by atoms with Gasteiger partial charge in [0.25, 0.3) is 0 Å². The number of piperidine rings is 1. The fourth-order valence-electron chi connectivity index (χ4n) is 4.01. The molecule has 0 N–H and O–H groups in total. The SMILES string of the molecule is CC[C@@H]1CCCCN1C(=O)CSc1nc2ccccc2n1-c1ccc(C)cc1. The van der Waals surface area contributed by atoms with Crippen LogP contribution in [0.25, 0.3) is 16.7 Å². The molecule has 4 nitrogen and oxygen atoms in total. The van der Waals surface area contributed by atoms with Crippen LogP contribution in [-0.4, -0.2) is 38.7 Å². The molecule has 146 valence electrons. The van der Waals surface area contributed by atoms with Crippen LogP contribution in [0.2, 0.25) is 0 Å². The maximum atomic E-state index is 12.9. The van der Waals surface area contributed by atoms with Gasteiger partial charge in [-0.1, -0.05) is 48.5 Å². The monoisotopic (exact) mass is 393 g/mol. The van der Waals surface area contributed by atoms with Gasteiger partial charge in [0.15, 0.2) is 5.16 Å². The van der Waals surface area contributed by atoms with E-state index in [1.807, 2.05) is 18.2 Å². The average Bonchev–Trinajstić information content (AvgIpc) is 3.11. The van der Waals surface area contributed by atoms with Gasteiger partial charge in [0.2, 0.25) is 5.91 Å². The molecule has 0 aliphatic carbocycles. The van der Waals surface area contributed by atoms with Gasteiger partial charge in [0, 0.05) is 18.3 Å². The molecule has 0 saturated carbocycles. The molecular formula is C23H27N3OS. The molecule has 2 heterocycles. The van der Waals surface area contributed by atoms with Crippen molar-refractivity contribution in [2.75, 3.05) is 12.3 Å². The Labute approximate surface area is 170 Å². The molecule has 1 atom stereocenters. The number of para-hydroxylation sites is 2. The van der Waals surface area contributed by atoms with Gasteiger partial charge in [-0.3, -0.25) is 9.36 Å². The first-order valence-corrected chi connectivity index (χ1v) is 11.1. The molecular weight excluding hydrogens is 366 g/mol. The Morgan fingerprint density at radius 2 is 1.93 bits per heavy atom. The third kappa shape index (κ3) is 3.81. The second-order valence-electron chi connectivity index (χ2n) is 7.49. The van der Waals surface area contributed by atoms with Gasteiger partial charge in [-0.05, 0) is 56.9 Å². The zero-order chi connectivity index (χ0) is 19.5. The Morgan fingerprint density at radius 3 is 2.71 bits per heavy atom. The molecule has 0 radical (unpaired) electrons. The van der Waals surface area contributed by atoms with Gasteiger partial charge in [-0.15, -0.1) is 0 Å². The summed E-state index contributed by atoms with van der Waals surface area (Å²) in [7, 11) is 0. The summed E-state index contributed by atoms with van der Waals surface area (Å²) in [5.74, 6) is 0.671. The third-order valence-corrected chi connectivity index (χ3v) is 6.49. The Balaban J connectivity index is 1.61. The largest absolute Gasteiger partial charge is 0.339 e. The van der Waals surface area contributed by atoms with Gasteiger partial charge in [-0.25, -0.2) is 4.98 Å². The predicted octanol–water partition coefficient (Wildman–Crippen LogP) is 5.22. The zero-order valence-corrected chi connectivity index (χ0v) is 17.4. The number of hydrogen-bond donors (Lipinski definition) is 0. The number of aryl methyl sites for hydroxylation is 1. The fraction of sp³-hybridized carbons (Fsp3) is 0.391. The van der Waals surface area contributed by atoms with Gasteiger partial charge in [0.05, 0.1) is 16.8 Å². The Morgan fingerprint density at radius 1 is 1.14 bits per heavy atom. The van der Waals surface area contributed by atoms with E-state index in [4.69, 9.17) is 4.98 Å². The first-order valence-electron chi connectivity index (χ1n) is 10.1. The molecule has 1 saturated heterocycles. The minimum Gasteiger partial charge on any atom is -0.339 e. The van der Waals surface area contributed by atoms with E-state index in [2.05, 4.69) is 53.6 Å². The molecule has 0 bridgehead atoms. The van der Waals surface area contributed by atoms with E-state index in [-0.39, 0.29) is 5.91 Å². The maximum Gasteiger partial charge on any atom is 0.233 e. The lowest BCUT2D eigenvalue weighted by atomic mass is 10.0. The second-order valence-corrected chi connectivity index (χ2v) is 8.43. The van der Waals surface area contributed by atoms with E-state index in [0.29, 0.717) is 11.8 Å². The average molecular weight is 394 g/mol. The number of imidazole rings is 1. The first kappa shape index (κ1) is 19.1. The van der Waals surface area contributed by atoms with Crippen LogP contribution in [0.5, 0.6) is 0 Å². The van der Waals surface area contributed by atoms with Crippen LogP contribution in [-0.2, 0) is 4.79 Å². The van der Waals surface area contributed by atoms with Crippen LogP contribution in [0.1, 0.15) is 38.2 Å². The van der Waals surface area contributed by atoms with E-state index in [1.54, 1.807) is 11.8 Å². The van der Waals surface area contributed by atoms with Crippen molar-refractivity contribution in [3.63, 3.8) is 0 Å². The number of nitrogens with zero attached hydrogens (tertiary/aromatic N) is 3. The number of carbonyl (C=O) groups is 1. The highest BCUT2D eigenvalue weighted by molar-refractivity contribution is 7.99. The van der Waals surface area contributed by atoms with Gasteiger partial charge in [-0.2, -0.15) is 0 Å². The van der Waals surface area contributed by atoms with Crippen molar-refractivity contribution in [1.29, 1.82) is 0 Å². The molecule has 1 aromatic heterocycles. The lowest BCUT2D eigenvalue weighted by molar-refractivity contribution is -0.132. The van der Waals surface area contributed by atoms with E-state index >= 15 is 0 Å². The summed E-state index contributed by atoms with van der Waals surface area (Å²) in [6.07, 6.45) is 4.53. The van der Waals surface area contributed by atoms with E-state index in [1.165, 1.54) is 12.0 Å². The van der Waals surface area contributed by atoms with E-state index in [0.717, 1.165) is 47.7 Å². The molecule has 0 unspecified atom stereocenters. The summed E-state index contributed by atoms with van der Waals surface area (Å²) in [6, 6.07) is 17.0. The predicted molar refractivity (Wildman–Crippen MR) is 116 cm³/mol. The molecule has 3 aromatic rings. The standard InChI is InChI=1S/C23H27N3OS/c1-3-18-8-6-7-15-25(18)22(27)16-28-23-24-20-9-4-5-10-21(20)26(23)19-13-11-17(2)12-14-19/h4-5,9-14,18H,3,6-8,15-16H2,1-2H3/t18-/m1/s1. The van der Waals surface area contributed by atoms with Crippen molar-refractivity contribution in [3.05, 3.63) is 54.1 Å². The molecule has 1 aliphatic heterocycles. The highest BCUT2D eigenvalue weighted by Gasteiger charge is 2.25. The Bertz CT molecular complexity index is 964. The number of benzene rings is 2. The molecule has 1 aliphatic rings. The molecule has 1 amide bonds. The van der Waals surface area contributed by atoms with E-state index < -0.39 is 0 Å². The number of thioether (sulfide) groups is 1. The minimum absolute atomic E-state index is 0.235. The number of aromatic nitrogens is 2. The topological polar surface area (TPSA) is 38.1 Å². The number of fused-ring (bicyclic) bond motifs is 1. The van der Waals surface area contributed by atoms with Crippen LogP contribution < -0.4 is 0 Å². The van der Waals surface area contributed by atoms with Crippen molar-refractivity contribution < 1.29 is 4.79 Å². The quantitative estimate of drug-likeness (QED) is 0.558. The fourth-order valence-corrected chi connectivity index (χ4v) is 4.92. The highest BCUT2D eigenvalue weighted by atomic mass is 32.2. The first-order chi connectivity index (χ1) is 13.7. The van der Waals surface area contributed by atoms with Crippen molar-refractivity contribution >= 4 is 28.7 Å². The third-order valence-electron chi connectivity index (χ3n) is 5.57. The van der Waals surface area contributed by atoms with Gasteiger partial charge >= 0.3 is 0 Å². The number of amides is 1. The van der Waals surface area contributed by atoms with Crippen LogP contribution >= 0.6 is 11.8 Å². The molecule has 0 spiro atoms. The van der Waals surface area contributed by atoms with Crippen molar-refractivity contribution in [2.24, 2.45) is 0 Å².